The zero-order valence-electron chi connectivity index (χ0n) is 7.89. The van der Waals surface area contributed by atoms with Crippen LogP contribution in [0.2, 0.25) is 0 Å². The van der Waals surface area contributed by atoms with Gasteiger partial charge in [0.1, 0.15) is 0 Å². The molecule has 1 aliphatic heterocycles. The molecule has 1 aliphatic rings. The van der Waals surface area contributed by atoms with Crippen LogP contribution in [0.4, 0.5) is 5.69 Å². The van der Waals surface area contributed by atoms with Gasteiger partial charge in [0.05, 0.1) is 0 Å². The van der Waals surface area contributed by atoms with Gasteiger partial charge < -0.3 is 16.4 Å². The normalized spacial score (nSPS) is 16.6. The van der Waals surface area contributed by atoms with Gasteiger partial charge in [0, 0.05) is 35.8 Å². The monoisotopic (exact) mass is 255 g/mol. The van der Waals surface area contributed by atoms with Crippen LogP contribution in [0.15, 0.2) is 22.7 Å². The molecule has 4 heteroatoms. The van der Waals surface area contributed by atoms with Gasteiger partial charge in [-0.3, -0.25) is 0 Å². The molecule has 1 heterocycles. The molecule has 1 aromatic carbocycles. The molecule has 0 saturated carbocycles. The van der Waals surface area contributed by atoms with Crippen molar-refractivity contribution < 1.29 is 0 Å². The Balaban J connectivity index is 1.94. The van der Waals surface area contributed by atoms with Crippen molar-refractivity contribution in [3.05, 3.63) is 28.2 Å². The van der Waals surface area contributed by atoms with Crippen molar-refractivity contribution >= 4 is 21.6 Å². The van der Waals surface area contributed by atoms with E-state index in [0.29, 0.717) is 6.04 Å². The second-order valence-corrected chi connectivity index (χ2v) is 4.49. The molecule has 0 unspecified atom stereocenters. The summed E-state index contributed by atoms with van der Waals surface area (Å²) in [4.78, 5) is 0. The summed E-state index contributed by atoms with van der Waals surface area (Å²) in [6.45, 7) is 2.98. The second kappa shape index (κ2) is 4.29. The quantitative estimate of drug-likeness (QED) is 0.710. The van der Waals surface area contributed by atoms with Crippen molar-refractivity contribution in [3.63, 3.8) is 0 Å². The molecule has 0 aliphatic carbocycles. The van der Waals surface area contributed by atoms with Crippen LogP contribution in [0.25, 0.3) is 0 Å². The van der Waals surface area contributed by atoms with Crippen molar-refractivity contribution in [2.75, 3.05) is 18.8 Å². The number of halogens is 1. The van der Waals surface area contributed by atoms with Crippen LogP contribution in [0, 0.1) is 0 Å². The highest BCUT2D eigenvalue weighted by Crippen LogP contribution is 2.18. The lowest BCUT2D eigenvalue weighted by Crippen LogP contribution is -2.55. The fraction of sp³-hybridized carbons (Fsp3) is 0.400. The Hall–Kier alpha value is -0.580. The summed E-state index contributed by atoms with van der Waals surface area (Å²) in [5.41, 5.74) is 7.89. The van der Waals surface area contributed by atoms with Crippen LogP contribution in [-0.2, 0) is 6.54 Å². The van der Waals surface area contributed by atoms with E-state index in [9.17, 15) is 0 Å². The van der Waals surface area contributed by atoms with E-state index >= 15 is 0 Å². The molecule has 76 valence electrons. The molecular formula is C10H14BrN3. The zero-order chi connectivity index (χ0) is 9.97. The molecule has 3 nitrogen and oxygen atoms in total. The van der Waals surface area contributed by atoms with Crippen molar-refractivity contribution in [1.82, 2.24) is 10.6 Å². The van der Waals surface area contributed by atoms with Crippen LogP contribution < -0.4 is 16.4 Å². The minimum absolute atomic E-state index is 0.609. The predicted molar refractivity (Wildman–Crippen MR) is 62.1 cm³/mol. The minimum atomic E-state index is 0.609. The summed E-state index contributed by atoms with van der Waals surface area (Å²) < 4.78 is 1.03. The zero-order valence-corrected chi connectivity index (χ0v) is 9.47. The van der Waals surface area contributed by atoms with E-state index in [4.69, 9.17) is 5.73 Å². The van der Waals surface area contributed by atoms with Crippen molar-refractivity contribution in [3.8, 4) is 0 Å². The van der Waals surface area contributed by atoms with Gasteiger partial charge in [-0.1, -0.05) is 22.0 Å². The van der Waals surface area contributed by atoms with Crippen molar-refractivity contribution in [2.24, 2.45) is 0 Å². The van der Waals surface area contributed by atoms with Gasteiger partial charge in [-0.15, -0.1) is 0 Å². The summed E-state index contributed by atoms with van der Waals surface area (Å²) in [5.74, 6) is 0. The molecule has 2 rings (SSSR count). The number of anilines is 1. The summed E-state index contributed by atoms with van der Waals surface area (Å²) in [7, 11) is 0. The van der Waals surface area contributed by atoms with E-state index in [1.165, 1.54) is 5.56 Å². The lowest BCUT2D eigenvalue weighted by atomic mass is 10.1. The Morgan fingerprint density at radius 2 is 2.29 bits per heavy atom. The average Bonchev–Trinajstić information content (AvgIpc) is 2.05. The molecule has 0 amide bonds. The molecule has 0 aromatic heterocycles. The first-order chi connectivity index (χ1) is 6.75. The fourth-order valence-electron chi connectivity index (χ4n) is 1.41. The first-order valence-electron chi connectivity index (χ1n) is 4.74. The van der Waals surface area contributed by atoms with Gasteiger partial charge in [-0.25, -0.2) is 0 Å². The van der Waals surface area contributed by atoms with Gasteiger partial charge in [0.25, 0.3) is 0 Å². The Labute approximate surface area is 92.2 Å². The molecule has 1 fully saturated rings. The molecular weight excluding hydrogens is 242 g/mol. The maximum atomic E-state index is 5.88. The highest BCUT2D eigenvalue weighted by Gasteiger charge is 2.15. The molecule has 0 atom stereocenters. The average molecular weight is 256 g/mol. The van der Waals surface area contributed by atoms with Gasteiger partial charge >= 0.3 is 0 Å². The number of benzene rings is 1. The highest BCUT2D eigenvalue weighted by atomic mass is 79.9. The maximum Gasteiger partial charge on any atom is 0.0370 e. The largest absolute Gasteiger partial charge is 0.398 e. The number of nitrogens with one attached hydrogen (secondary N) is 2. The van der Waals surface area contributed by atoms with E-state index in [-0.39, 0.29) is 0 Å². The number of rotatable bonds is 3. The van der Waals surface area contributed by atoms with Gasteiger partial charge in [-0.2, -0.15) is 0 Å². The van der Waals surface area contributed by atoms with E-state index in [0.717, 1.165) is 29.8 Å². The van der Waals surface area contributed by atoms with Crippen molar-refractivity contribution in [2.45, 2.75) is 12.6 Å². The number of hydrogen-bond donors (Lipinski definition) is 3. The van der Waals surface area contributed by atoms with Crippen molar-refractivity contribution in [1.29, 1.82) is 0 Å². The Bertz CT molecular complexity index is 323. The van der Waals surface area contributed by atoms with E-state index in [1.807, 2.05) is 12.1 Å². The smallest absolute Gasteiger partial charge is 0.0370 e. The number of nitrogen functional groups attached to an aromatic ring is 1. The van der Waals surface area contributed by atoms with Crippen LogP contribution in [0.1, 0.15) is 5.56 Å². The maximum absolute atomic E-state index is 5.88. The van der Waals surface area contributed by atoms with Gasteiger partial charge in [0.2, 0.25) is 0 Å². The van der Waals surface area contributed by atoms with Crippen LogP contribution in [-0.4, -0.2) is 19.1 Å². The van der Waals surface area contributed by atoms with Gasteiger partial charge in [-0.05, 0) is 17.7 Å². The second-order valence-electron chi connectivity index (χ2n) is 3.58. The van der Waals surface area contributed by atoms with E-state index in [1.54, 1.807) is 0 Å². The third kappa shape index (κ3) is 2.26. The van der Waals surface area contributed by atoms with Crippen LogP contribution >= 0.6 is 15.9 Å². The van der Waals surface area contributed by atoms with E-state index < -0.39 is 0 Å². The number of nitrogens with two attached hydrogens (primary N) is 1. The lowest BCUT2D eigenvalue weighted by Gasteiger charge is -2.28. The third-order valence-electron chi connectivity index (χ3n) is 2.47. The van der Waals surface area contributed by atoms with Gasteiger partial charge in [0.15, 0.2) is 0 Å². The molecule has 0 spiro atoms. The molecule has 1 aromatic rings. The summed E-state index contributed by atoms with van der Waals surface area (Å²) in [6, 6.07) is 6.62. The highest BCUT2D eigenvalue weighted by molar-refractivity contribution is 9.10. The molecule has 0 radical (unpaired) electrons. The molecule has 1 saturated heterocycles. The lowest BCUT2D eigenvalue weighted by molar-refractivity contribution is 0.365. The first kappa shape index (κ1) is 9.96. The fourth-order valence-corrected chi connectivity index (χ4v) is 1.79. The van der Waals surface area contributed by atoms with Crippen LogP contribution in [0.5, 0.6) is 0 Å². The number of hydrogen-bond acceptors (Lipinski definition) is 3. The summed E-state index contributed by atoms with van der Waals surface area (Å²) in [6.07, 6.45) is 0. The Morgan fingerprint density at radius 3 is 2.86 bits per heavy atom. The summed E-state index contributed by atoms with van der Waals surface area (Å²) >= 11 is 3.39. The molecule has 14 heavy (non-hydrogen) atoms. The molecule has 4 N–H and O–H groups in total. The predicted octanol–water partition coefficient (Wildman–Crippen LogP) is 1.09. The third-order valence-corrected chi connectivity index (χ3v) is 2.96. The Kier molecular flexibility index (Phi) is 3.05. The Morgan fingerprint density at radius 1 is 1.50 bits per heavy atom. The molecule has 0 bridgehead atoms. The van der Waals surface area contributed by atoms with E-state index in [2.05, 4.69) is 32.6 Å². The SMILES string of the molecule is Nc1cc(Br)ccc1CNC1CNC1. The van der Waals surface area contributed by atoms with Crippen LogP contribution in [0.3, 0.4) is 0 Å². The summed E-state index contributed by atoms with van der Waals surface area (Å²) in [5, 5.41) is 6.66. The minimum Gasteiger partial charge on any atom is -0.398 e. The topological polar surface area (TPSA) is 50.1 Å². The first-order valence-corrected chi connectivity index (χ1v) is 5.53. The standard InChI is InChI=1S/C10H14BrN3/c11-8-2-1-7(10(12)3-8)4-14-9-5-13-6-9/h1-3,9,13-14H,4-6,12H2.